The highest BCUT2D eigenvalue weighted by atomic mass is 32.2. The molecule has 2 aliphatic rings. The summed E-state index contributed by atoms with van der Waals surface area (Å²) < 4.78 is 6.26. The third kappa shape index (κ3) is 3.75. The van der Waals surface area contributed by atoms with E-state index >= 15 is 0 Å². The normalized spacial score (nSPS) is 21.8. The Balaban J connectivity index is 1.49. The van der Waals surface area contributed by atoms with E-state index in [9.17, 15) is 4.79 Å². The zero-order valence-corrected chi connectivity index (χ0v) is 15.9. The molecule has 1 atom stereocenters. The third-order valence-electron chi connectivity index (χ3n) is 4.60. The van der Waals surface area contributed by atoms with Crippen molar-refractivity contribution in [3.63, 3.8) is 0 Å². The summed E-state index contributed by atoms with van der Waals surface area (Å²) in [6, 6.07) is 18.5. The van der Waals surface area contributed by atoms with Gasteiger partial charge in [0.25, 0.3) is 5.91 Å². The fourth-order valence-corrected chi connectivity index (χ4v) is 4.48. The van der Waals surface area contributed by atoms with Gasteiger partial charge in [-0.2, -0.15) is 0 Å². The van der Waals surface area contributed by atoms with E-state index in [1.165, 1.54) is 17.3 Å². The van der Waals surface area contributed by atoms with E-state index in [-0.39, 0.29) is 12.0 Å². The second-order valence-corrected chi connectivity index (χ2v) is 8.09. The zero-order chi connectivity index (χ0) is 17.9. The van der Waals surface area contributed by atoms with Gasteiger partial charge in [0, 0.05) is 6.61 Å². The Morgan fingerprint density at radius 2 is 1.85 bits per heavy atom. The van der Waals surface area contributed by atoms with Crippen LogP contribution in [-0.4, -0.2) is 34.4 Å². The summed E-state index contributed by atoms with van der Waals surface area (Å²) in [6.45, 7) is 1.35. The number of carbonyl (C=O) groups is 1. The minimum atomic E-state index is -0.0114. The Morgan fingerprint density at radius 1 is 1.12 bits per heavy atom. The van der Waals surface area contributed by atoms with Crippen LogP contribution >= 0.6 is 24.0 Å². The summed E-state index contributed by atoms with van der Waals surface area (Å²) in [6.07, 6.45) is 4.09. The Morgan fingerprint density at radius 3 is 2.54 bits per heavy atom. The highest BCUT2D eigenvalue weighted by Crippen LogP contribution is 2.33. The first-order chi connectivity index (χ1) is 12.7. The Bertz CT molecular complexity index is 840. The number of thioether (sulfide) groups is 1. The number of amides is 1. The van der Waals surface area contributed by atoms with E-state index in [0.717, 1.165) is 30.6 Å². The summed E-state index contributed by atoms with van der Waals surface area (Å²) in [5, 5.41) is 0. The van der Waals surface area contributed by atoms with Crippen LogP contribution in [0.3, 0.4) is 0 Å². The fraction of sp³-hybridized carbons (Fsp3) is 0.238. The van der Waals surface area contributed by atoms with E-state index in [1.807, 2.05) is 36.4 Å². The number of benzene rings is 2. The van der Waals surface area contributed by atoms with Crippen LogP contribution in [0.15, 0.2) is 59.5 Å². The number of hydrogen-bond acceptors (Lipinski definition) is 4. The fourth-order valence-electron chi connectivity index (χ4n) is 3.20. The van der Waals surface area contributed by atoms with Gasteiger partial charge in [-0.05, 0) is 35.6 Å². The lowest BCUT2D eigenvalue weighted by Crippen LogP contribution is -2.35. The molecule has 0 saturated carbocycles. The summed E-state index contributed by atoms with van der Waals surface area (Å²) in [4.78, 5) is 15.1. The number of rotatable bonds is 4. The monoisotopic (exact) mass is 381 g/mol. The molecule has 26 heavy (non-hydrogen) atoms. The zero-order valence-electron chi connectivity index (χ0n) is 14.3. The van der Waals surface area contributed by atoms with Crippen molar-refractivity contribution in [3.8, 4) is 11.1 Å². The van der Waals surface area contributed by atoms with Crippen LogP contribution in [0.5, 0.6) is 0 Å². The highest BCUT2D eigenvalue weighted by molar-refractivity contribution is 8.26. The van der Waals surface area contributed by atoms with Crippen molar-refractivity contribution in [2.75, 3.05) is 13.2 Å². The third-order valence-corrected chi connectivity index (χ3v) is 5.98. The van der Waals surface area contributed by atoms with E-state index in [0.29, 0.717) is 15.8 Å². The van der Waals surface area contributed by atoms with Gasteiger partial charge in [0.2, 0.25) is 0 Å². The van der Waals surface area contributed by atoms with Crippen molar-refractivity contribution in [1.29, 1.82) is 0 Å². The number of ether oxygens (including phenoxy) is 1. The van der Waals surface area contributed by atoms with Crippen LogP contribution in [0.25, 0.3) is 17.2 Å². The van der Waals surface area contributed by atoms with Gasteiger partial charge in [0.15, 0.2) is 0 Å². The van der Waals surface area contributed by atoms with Crippen molar-refractivity contribution in [2.45, 2.75) is 18.9 Å². The van der Waals surface area contributed by atoms with E-state index in [4.69, 9.17) is 17.0 Å². The van der Waals surface area contributed by atoms with Gasteiger partial charge >= 0.3 is 0 Å². The SMILES string of the molecule is O=C1/C(=C/c2ccc(-c3ccccc3)cc2)SC(=S)N1CC1CCCO1. The molecule has 0 bridgehead atoms. The van der Waals surface area contributed by atoms with Gasteiger partial charge in [-0.1, -0.05) is 78.6 Å². The van der Waals surface area contributed by atoms with Gasteiger partial charge in [-0.3, -0.25) is 9.69 Å². The molecule has 2 aliphatic heterocycles. The lowest BCUT2D eigenvalue weighted by molar-refractivity contribution is -0.123. The lowest BCUT2D eigenvalue weighted by atomic mass is 10.0. The molecule has 1 unspecified atom stereocenters. The largest absolute Gasteiger partial charge is 0.376 e. The average Bonchev–Trinajstić information content (AvgIpc) is 3.27. The molecular formula is C21H19NO2S2. The molecule has 0 aliphatic carbocycles. The van der Waals surface area contributed by atoms with Crippen molar-refractivity contribution >= 4 is 40.3 Å². The maximum atomic E-state index is 12.7. The van der Waals surface area contributed by atoms with Crippen LogP contribution in [0.1, 0.15) is 18.4 Å². The molecule has 2 heterocycles. The summed E-state index contributed by atoms with van der Waals surface area (Å²) >= 11 is 6.78. The molecular weight excluding hydrogens is 362 g/mol. The van der Waals surface area contributed by atoms with Crippen LogP contribution in [-0.2, 0) is 9.53 Å². The van der Waals surface area contributed by atoms with Gasteiger partial charge in [-0.25, -0.2) is 0 Å². The molecule has 0 aromatic heterocycles. The van der Waals surface area contributed by atoms with Crippen LogP contribution < -0.4 is 0 Å². The molecule has 2 aromatic rings. The molecule has 0 spiro atoms. The number of carbonyl (C=O) groups excluding carboxylic acids is 1. The van der Waals surface area contributed by atoms with E-state index in [2.05, 4.69) is 24.3 Å². The first-order valence-corrected chi connectivity index (χ1v) is 9.95. The first-order valence-electron chi connectivity index (χ1n) is 8.73. The van der Waals surface area contributed by atoms with Crippen LogP contribution in [0, 0.1) is 0 Å². The van der Waals surface area contributed by atoms with Gasteiger partial charge < -0.3 is 4.74 Å². The second kappa shape index (κ2) is 7.74. The molecule has 2 fully saturated rings. The summed E-state index contributed by atoms with van der Waals surface area (Å²) in [7, 11) is 0. The minimum Gasteiger partial charge on any atom is -0.376 e. The Kier molecular flexibility index (Phi) is 5.20. The first kappa shape index (κ1) is 17.5. The molecule has 2 saturated heterocycles. The predicted octanol–water partition coefficient (Wildman–Crippen LogP) is 4.73. The van der Waals surface area contributed by atoms with Crippen molar-refractivity contribution in [1.82, 2.24) is 4.90 Å². The second-order valence-electron chi connectivity index (χ2n) is 6.42. The maximum Gasteiger partial charge on any atom is 0.266 e. The Hall–Kier alpha value is -1.95. The maximum absolute atomic E-state index is 12.7. The molecule has 4 rings (SSSR count). The number of nitrogens with zero attached hydrogens (tertiary/aromatic N) is 1. The molecule has 5 heteroatoms. The van der Waals surface area contributed by atoms with Gasteiger partial charge in [0.05, 0.1) is 17.6 Å². The Labute approximate surface area is 163 Å². The predicted molar refractivity (Wildman–Crippen MR) is 111 cm³/mol. The molecule has 1 amide bonds. The lowest BCUT2D eigenvalue weighted by Gasteiger charge is -2.18. The smallest absolute Gasteiger partial charge is 0.266 e. The van der Waals surface area contributed by atoms with Crippen molar-refractivity contribution in [2.24, 2.45) is 0 Å². The van der Waals surface area contributed by atoms with Crippen molar-refractivity contribution in [3.05, 3.63) is 65.1 Å². The average molecular weight is 382 g/mol. The van der Waals surface area contributed by atoms with Crippen LogP contribution in [0.4, 0.5) is 0 Å². The van der Waals surface area contributed by atoms with E-state index in [1.54, 1.807) is 4.90 Å². The molecule has 3 nitrogen and oxygen atoms in total. The number of thiocarbonyl (C=S) groups is 1. The molecule has 2 aromatic carbocycles. The number of hydrogen-bond donors (Lipinski definition) is 0. The molecule has 132 valence electrons. The van der Waals surface area contributed by atoms with Gasteiger partial charge in [0.1, 0.15) is 4.32 Å². The highest BCUT2D eigenvalue weighted by Gasteiger charge is 2.34. The quantitative estimate of drug-likeness (QED) is 0.565. The van der Waals surface area contributed by atoms with Gasteiger partial charge in [-0.15, -0.1) is 0 Å². The topological polar surface area (TPSA) is 29.5 Å². The van der Waals surface area contributed by atoms with Crippen LogP contribution in [0.2, 0.25) is 0 Å². The summed E-state index contributed by atoms with van der Waals surface area (Å²) in [5.41, 5.74) is 3.35. The molecule has 0 radical (unpaired) electrons. The van der Waals surface area contributed by atoms with E-state index < -0.39 is 0 Å². The minimum absolute atomic E-state index is 0.0114. The summed E-state index contributed by atoms with van der Waals surface area (Å²) in [5.74, 6) is -0.0114. The molecule has 0 N–H and O–H groups in total. The standard InChI is InChI=1S/C21H19NO2S2/c23-20-19(26-21(25)22(20)14-18-7-4-12-24-18)13-15-8-10-17(11-9-15)16-5-2-1-3-6-16/h1-3,5-6,8-11,13,18H,4,7,12,14H2/b19-13-. The van der Waals surface area contributed by atoms with Crippen molar-refractivity contribution < 1.29 is 9.53 Å².